The van der Waals surface area contributed by atoms with Gasteiger partial charge in [-0.1, -0.05) is 18.2 Å². The molecule has 1 atom stereocenters. The van der Waals surface area contributed by atoms with E-state index in [-0.39, 0.29) is 5.91 Å². The molecule has 0 aliphatic heterocycles. The number of nitrogen functional groups attached to an aromatic ring is 1. The van der Waals surface area contributed by atoms with E-state index >= 15 is 0 Å². The van der Waals surface area contributed by atoms with E-state index in [1.807, 2.05) is 24.3 Å². The van der Waals surface area contributed by atoms with E-state index < -0.39 is 6.10 Å². The zero-order chi connectivity index (χ0) is 13.3. The van der Waals surface area contributed by atoms with Crippen LogP contribution in [0.15, 0.2) is 24.3 Å². The summed E-state index contributed by atoms with van der Waals surface area (Å²) in [6.45, 7) is 1.95. The van der Waals surface area contributed by atoms with Gasteiger partial charge in [-0.2, -0.15) is 0 Å². The predicted molar refractivity (Wildman–Crippen MR) is 74.9 cm³/mol. The van der Waals surface area contributed by atoms with Crippen molar-refractivity contribution < 1.29 is 9.90 Å². The largest absolute Gasteiger partial charge is 0.397 e. The van der Waals surface area contributed by atoms with Crippen molar-refractivity contribution in [3.63, 3.8) is 0 Å². The number of hydrogen-bond acceptors (Lipinski definition) is 4. The van der Waals surface area contributed by atoms with E-state index in [1.165, 1.54) is 16.2 Å². The number of amides is 1. The quantitative estimate of drug-likeness (QED) is 0.890. The number of aliphatic hydroxyl groups excluding tert-OH is 1. The van der Waals surface area contributed by atoms with E-state index in [1.54, 1.807) is 14.0 Å². The molecule has 0 spiro atoms. The Balaban J connectivity index is 2.36. The van der Waals surface area contributed by atoms with Gasteiger partial charge in [0.25, 0.3) is 5.91 Å². The number of anilines is 1. The molecule has 0 aliphatic carbocycles. The molecule has 0 aliphatic rings. The van der Waals surface area contributed by atoms with Crippen molar-refractivity contribution in [3.05, 3.63) is 29.1 Å². The van der Waals surface area contributed by atoms with Crippen LogP contribution in [-0.2, 0) is 0 Å². The minimum absolute atomic E-state index is 0.144. The second-order valence-corrected chi connectivity index (χ2v) is 5.43. The number of aliphatic hydroxyl groups is 1. The van der Waals surface area contributed by atoms with Crippen molar-refractivity contribution in [1.29, 1.82) is 0 Å². The van der Waals surface area contributed by atoms with Crippen LogP contribution in [0.1, 0.15) is 16.6 Å². The van der Waals surface area contributed by atoms with Crippen molar-refractivity contribution in [2.75, 3.05) is 19.3 Å². The molecule has 0 saturated heterocycles. The van der Waals surface area contributed by atoms with Crippen molar-refractivity contribution >= 4 is 33.0 Å². The molecule has 1 amide bonds. The second-order valence-electron chi connectivity index (χ2n) is 4.38. The number of carbonyl (C=O) groups excluding carboxylic acids is 1. The molecule has 1 unspecified atom stereocenters. The molecule has 2 rings (SSSR count). The minimum atomic E-state index is -0.547. The summed E-state index contributed by atoms with van der Waals surface area (Å²) < 4.78 is 1.00. The van der Waals surface area contributed by atoms with Crippen LogP contribution in [-0.4, -0.2) is 35.6 Å². The van der Waals surface area contributed by atoms with E-state index in [2.05, 4.69) is 0 Å². The van der Waals surface area contributed by atoms with Gasteiger partial charge in [-0.05, 0) is 13.0 Å². The monoisotopic (exact) mass is 264 g/mol. The number of benzene rings is 1. The number of carbonyl (C=O) groups is 1. The summed E-state index contributed by atoms with van der Waals surface area (Å²) in [4.78, 5) is 14.2. The topological polar surface area (TPSA) is 66.6 Å². The maximum atomic E-state index is 12.2. The van der Waals surface area contributed by atoms with Crippen LogP contribution in [0.3, 0.4) is 0 Å². The van der Waals surface area contributed by atoms with E-state index in [9.17, 15) is 9.90 Å². The molecular formula is C13H16N2O2S. The number of rotatable bonds is 3. The highest BCUT2D eigenvalue weighted by Crippen LogP contribution is 2.33. The first kappa shape index (κ1) is 12.9. The van der Waals surface area contributed by atoms with Crippen LogP contribution in [0.2, 0.25) is 0 Å². The average Bonchev–Trinajstić information content (AvgIpc) is 2.66. The summed E-state index contributed by atoms with van der Waals surface area (Å²) in [5.74, 6) is -0.144. The maximum absolute atomic E-state index is 12.2. The Labute approximate surface area is 110 Å². The highest BCUT2D eigenvalue weighted by molar-refractivity contribution is 7.21. The Bertz CT molecular complexity index is 577. The zero-order valence-corrected chi connectivity index (χ0v) is 11.2. The maximum Gasteiger partial charge on any atom is 0.265 e. The van der Waals surface area contributed by atoms with Gasteiger partial charge in [-0.25, -0.2) is 0 Å². The number of fused-ring (bicyclic) bond motifs is 1. The highest BCUT2D eigenvalue weighted by Gasteiger charge is 2.20. The number of hydrogen-bond donors (Lipinski definition) is 2. The van der Waals surface area contributed by atoms with Gasteiger partial charge in [-0.3, -0.25) is 4.79 Å². The molecule has 0 bridgehead atoms. The standard InChI is InChI=1S/C13H16N2O2S/c1-8(16)7-15(2)13(17)12-11(14)9-5-3-4-6-10(9)18-12/h3-6,8,16H,7,14H2,1-2H3. The third kappa shape index (κ3) is 2.32. The van der Waals surface area contributed by atoms with Crippen LogP contribution in [0.4, 0.5) is 5.69 Å². The molecule has 3 N–H and O–H groups in total. The number of nitrogens with two attached hydrogens (primary N) is 1. The number of nitrogens with zero attached hydrogens (tertiary/aromatic N) is 1. The molecule has 1 aromatic heterocycles. The Morgan fingerprint density at radius 2 is 2.17 bits per heavy atom. The summed E-state index contributed by atoms with van der Waals surface area (Å²) in [6, 6.07) is 7.68. The summed E-state index contributed by atoms with van der Waals surface area (Å²) in [6.07, 6.45) is -0.547. The Morgan fingerprint density at radius 3 is 2.78 bits per heavy atom. The molecule has 18 heavy (non-hydrogen) atoms. The van der Waals surface area contributed by atoms with Crippen LogP contribution in [0.5, 0.6) is 0 Å². The highest BCUT2D eigenvalue weighted by atomic mass is 32.1. The van der Waals surface area contributed by atoms with Crippen molar-refractivity contribution in [2.24, 2.45) is 0 Å². The number of thiophene rings is 1. The summed E-state index contributed by atoms with van der Waals surface area (Å²) >= 11 is 1.39. The van der Waals surface area contributed by atoms with Gasteiger partial charge in [0, 0.05) is 23.7 Å². The molecule has 1 heterocycles. The molecule has 2 aromatic rings. The van der Waals surface area contributed by atoms with Crippen molar-refractivity contribution in [3.8, 4) is 0 Å². The third-order valence-corrected chi connectivity index (χ3v) is 3.89. The first-order valence-corrected chi connectivity index (χ1v) is 6.53. The second kappa shape index (κ2) is 4.96. The summed E-state index contributed by atoms with van der Waals surface area (Å²) in [5.41, 5.74) is 6.53. The first-order chi connectivity index (χ1) is 8.50. The van der Waals surface area contributed by atoms with Gasteiger partial charge < -0.3 is 15.7 Å². The van der Waals surface area contributed by atoms with E-state index in [0.29, 0.717) is 17.1 Å². The summed E-state index contributed by atoms with van der Waals surface area (Å²) in [7, 11) is 1.67. The van der Waals surface area contributed by atoms with Crippen molar-refractivity contribution in [1.82, 2.24) is 4.90 Å². The van der Waals surface area contributed by atoms with Crippen LogP contribution >= 0.6 is 11.3 Å². The van der Waals surface area contributed by atoms with Gasteiger partial charge >= 0.3 is 0 Å². The Kier molecular flexibility index (Phi) is 3.54. The van der Waals surface area contributed by atoms with Crippen LogP contribution in [0.25, 0.3) is 10.1 Å². The average molecular weight is 264 g/mol. The molecule has 0 fully saturated rings. The minimum Gasteiger partial charge on any atom is -0.397 e. The molecule has 96 valence electrons. The SMILES string of the molecule is CC(O)CN(C)C(=O)c1sc2ccccc2c1N. The lowest BCUT2D eigenvalue weighted by molar-refractivity contribution is 0.0709. The molecule has 5 heteroatoms. The molecule has 4 nitrogen and oxygen atoms in total. The Morgan fingerprint density at radius 1 is 1.50 bits per heavy atom. The van der Waals surface area contributed by atoms with E-state index in [0.717, 1.165) is 10.1 Å². The fourth-order valence-corrected chi connectivity index (χ4v) is 2.99. The molecule has 0 saturated carbocycles. The molecule has 1 aromatic carbocycles. The fourth-order valence-electron chi connectivity index (χ4n) is 1.88. The van der Waals surface area contributed by atoms with Gasteiger partial charge in [-0.15, -0.1) is 11.3 Å². The van der Waals surface area contributed by atoms with Crippen LogP contribution in [0, 0.1) is 0 Å². The van der Waals surface area contributed by atoms with Crippen LogP contribution < -0.4 is 5.73 Å². The van der Waals surface area contributed by atoms with E-state index in [4.69, 9.17) is 5.73 Å². The number of likely N-dealkylation sites (N-methyl/N-ethyl adjacent to an activating group) is 1. The lowest BCUT2D eigenvalue weighted by atomic mass is 10.2. The first-order valence-electron chi connectivity index (χ1n) is 5.71. The normalized spacial score (nSPS) is 12.6. The zero-order valence-electron chi connectivity index (χ0n) is 10.4. The fraction of sp³-hybridized carbons (Fsp3) is 0.308. The van der Waals surface area contributed by atoms with Gasteiger partial charge in [0.15, 0.2) is 0 Å². The smallest absolute Gasteiger partial charge is 0.265 e. The van der Waals surface area contributed by atoms with Gasteiger partial charge in [0.1, 0.15) is 4.88 Å². The van der Waals surface area contributed by atoms with Gasteiger partial charge in [0.05, 0.1) is 11.8 Å². The van der Waals surface area contributed by atoms with Crippen molar-refractivity contribution in [2.45, 2.75) is 13.0 Å². The predicted octanol–water partition coefficient (Wildman–Crippen LogP) is 1.94. The Hall–Kier alpha value is -1.59. The molecular weight excluding hydrogens is 248 g/mol. The lowest BCUT2D eigenvalue weighted by Crippen LogP contribution is -2.32. The third-order valence-electron chi connectivity index (χ3n) is 2.71. The summed E-state index contributed by atoms with van der Waals surface area (Å²) in [5, 5.41) is 10.2. The lowest BCUT2D eigenvalue weighted by Gasteiger charge is -2.18. The van der Waals surface area contributed by atoms with Gasteiger partial charge in [0.2, 0.25) is 0 Å². The molecule has 0 radical (unpaired) electrons.